The lowest BCUT2D eigenvalue weighted by atomic mass is 10.2. The normalized spacial score (nSPS) is 10.8. The average Bonchev–Trinajstić information content (AvgIpc) is 2.87. The molecule has 0 aromatic carbocycles. The van der Waals surface area contributed by atoms with Gasteiger partial charge in [-0.05, 0) is 46.6 Å². The fraction of sp³-hybridized carbons (Fsp3) is 0.250. The lowest BCUT2D eigenvalue weighted by molar-refractivity contribution is 0.100. The maximum absolute atomic E-state index is 12.1. The van der Waals surface area contributed by atoms with Crippen LogP contribution < -0.4 is 0 Å². The molecule has 0 aliphatic heterocycles. The van der Waals surface area contributed by atoms with Crippen LogP contribution in [0.1, 0.15) is 26.8 Å². The minimum atomic E-state index is -0.0915. The van der Waals surface area contributed by atoms with Crippen molar-refractivity contribution in [2.75, 3.05) is 7.11 Å². The smallest absolute Gasteiger partial charge is 0.238 e. The number of carbonyl (C=O) groups is 1. The zero-order chi connectivity index (χ0) is 12.4. The molecule has 0 amide bonds. The summed E-state index contributed by atoms with van der Waals surface area (Å²) in [6.07, 6.45) is 0. The molecule has 0 saturated heterocycles. The number of methoxy groups -OCH3 is 1. The van der Waals surface area contributed by atoms with E-state index >= 15 is 0 Å². The predicted molar refractivity (Wildman–Crippen MR) is 69.6 cm³/mol. The van der Waals surface area contributed by atoms with Crippen molar-refractivity contribution in [3.05, 3.63) is 43.9 Å². The minimum Gasteiger partial charge on any atom is -0.455 e. The monoisotopic (exact) mass is 314 g/mol. The third-order valence-corrected chi connectivity index (χ3v) is 4.39. The number of ketones is 1. The third-order valence-electron chi connectivity index (χ3n) is 2.25. The van der Waals surface area contributed by atoms with Crippen LogP contribution in [0.15, 0.2) is 26.4 Å². The van der Waals surface area contributed by atoms with E-state index in [1.807, 2.05) is 13.0 Å². The van der Waals surface area contributed by atoms with Crippen molar-refractivity contribution < 1.29 is 13.9 Å². The molecule has 2 rings (SSSR count). The summed E-state index contributed by atoms with van der Waals surface area (Å²) in [5.74, 6) is 0.917. The zero-order valence-electron chi connectivity index (χ0n) is 9.45. The van der Waals surface area contributed by atoms with Crippen LogP contribution in [0.2, 0.25) is 0 Å². The number of hydrogen-bond donors (Lipinski definition) is 0. The molecule has 0 aliphatic carbocycles. The lowest BCUT2D eigenvalue weighted by Gasteiger charge is -1.94. The van der Waals surface area contributed by atoms with Gasteiger partial charge in [0.25, 0.3) is 0 Å². The first-order chi connectivity index (χ1) is 8.11. The van der Waals surface area contributed by atoms with E-state index in [9.17, 15) is 4.79 Å². The second-order valence-corrected chi connectivity index (χ2v) is 5.97. The Labute approximate surface area is 112 Å². The first kappa shape index (κ1) is 12.5. The molecular weight excluding hydrogens is 304 g/mol. The van der Waals surface area contributed by atoms with E-state index in [1.165, 1.54) is 11.3 Å². The fourth-order valence-electron chi connectivity index (χ4n) is 1.41. The van der Waals surface area contributed by atoms with Gasteiger partial charge in [0, 0.05) is 7.11 Å². The van der Waals surface area contributed by atoms with Gasteiger partial charge in [-0.3, -0.25) is 4.79 Å². The number of hydrogen-bond acceptors (Lipinski definition) is 4. The molecule has 0 radical (unpaired) electrons. The highest BCUT2D eigenvalue weighted by Gasteiger charge is 2.17. The highest BCUT2D eigenvalue weighted by molar-refractivity contribution is 9.11. The number of ether oxygens (including phenoxy) is 1. The van der Waals surface area contributed by atoms with E-state index in [4.69, 9.17) is 9.15 Å². The summed E-state index contributed by atoms with van der Waals surface area (Å²) in [5, 5.41) is 0. The molecule has 17 heavy (non-hydrogen) atoms. The molecule has 0 spiro atoms. The second kappa shape index (κ2) is 5.16. The van der Waals surface area contributed by atoms with Crippen molar-refractivity contribution in [3.8, 4) is 0 Å². The summed E-state index contributed by atoms with van der Waals surface area (Å²) in [4.78, 5) is 12.8. The maximum Gasteiger partial charge on any atom is 0.238 e. The minimum absolute atomic E-state index is 0.0915. The molecule has 5 heteroatoms. The second-order valence-electron chi connectivity index (χ2n) is 3.60. The van der Waals surface area contributed by atoms with E-state index in [2.05, 4.69) is 15.9 Å². The summed E-state index contributed by atoms with van der Waals surface area (Å²) in [7, 11) is 1.59. The number of rotatable bonds is 4. The largest absolute Gasteiger partial charge is 0.455 e. The molecule has 0 bridgehead atoms. The van der Waals surface area contributed by atoms with Crippen molar-refractivity contribution in [1.29, 1.82) is 0 Å². The van der Waals surface area contributed by atoms with Crippen LogP contribution in [0, 0.1) is 6.92 Å². The molecule has 0 saturated carbocycles. The highest BCUT2D eigenvalue weighted by Crippen LogP contribution is 2.29. The Kier molecular flexibility index (Phi) is 3.81. The van der Waals surface area contributed by atoms with Crippen LogP contribution in [-0.4, -0.2) is 12.9 Å². The number of halogens is 1. The molecule has 0 atom stereocenters. The first-order valence-corrected chi connectivity index (χ1v) is 6.61. The molecule has 2 heterocycles. The Balaban J connectivity index is 2.24. The molecule has 0 fully saturated rings. The van der Waals surface area contributed by atoms with Crippen LogP contribution in [0.25, 0.3) is 0 Å². The van der Waals surface area contributed by atoms with Crippen LogP contribution in [0.5, 0.6) is 0 Å². The lowest BCUT2D eigenvalue weighted by Crippen LogP contribution is -1.96. The van der Waals surface area contributed by atoms with Gasteiger partial charge in [0.1, 0.15) is 12.4 Å². The van der Waals surface area contributed by atoms with E-state index in [-0.39, 0.29) is 5.78 Å². The van der Waals surface area contributed by atoms with Crippen molar-refractivity contribution in [2.45, 2.75) is 13.5 Å². The van der Waals surface area contributed by atoms with Crippen LogP contribution in [0.4, 0.5) is 0 Å². The van der Waals surface area contributed by atoms with Gasteiger partial charge in [-0.25, -0.2) is 0 Å². The quantitative estimate of drug-likeness (QED) is 0.806. The summed E-state index contributed by atoms with van der Waals surface area (Å²) in [6, 6.07) is 5.29. The molecule has 0 aliphatic rings. The SMILES string of the molecule is COCc1ccc(C(=O)c2cc(C)c(Br)s2)o1. The average molecular weight is 315 g/mol. The van der Waals surface area contributed by atoms with Crippen molar-refractivity contribution in [3.63, 3.8) is 0 Å². The molecule has 3 nitrogen and oxygen atoms in total. The van der Waals surface area contributed by atoms with Gasteiger partial charge in [0.05, 0.1) is 8.66 Å². The van der Waals surface area contributed by atoms with Gasteiger partial charge < -0.3 is 9.15 Å². The van der Waals surface area contributed by atoms with Gasteiger partial charge in [-0.15, -0.1) is 11.3 Å². The van der Waals surface area contributed by atoms with Crippen LogP contribution in [-0.2, 0) is 11.3 Å². The number of furan rings is 1. The maximum atomic E-state index is 12.1. The molecule has 0 unspecified atom stereocenters. The Morgan fingerprint density at radius 3 is 2.88 bits per heavy atom. The van der Waals surface area contributed by atoms with Crippen molar-refractivity contribution >= 4 is 33.0 Å². The number of aryl methyl sites for hydroxylation is 1. The van der Waals surface area contributed by atoms with Gasteiger partial charge in [-0.2, -0.15) is 0 Å². The van der Waals surface area contributed by atoms with E-state index in [0.717, 1.165) is 9.35 Å². The Morgan fingerprint density at radius 2 is 2.29 bits per heavy atom. The topological polar surface area (TPSA) is 39.4 Å². The van der Waals surface area contributed by atoms with Crippen molar-refractivity contribution in [1.82, 2.24) is 0 Å². The third kappa shape index (κ3) is 2.68. The molecule has 2 aromatic rings. The van der Waals surface area contributed by atoms with Gasteiger partial charge in [0.15, 0.2) is 5.76 Å². The number of thiophene rings is 1. The molecule has 0 N–H and O–H groups in total. The van der Waals surface area contributed by atoms with Gasteiger partial charge >= 0.3 is 0 Å². The summed E-state index contributed by atoms with van der Waals surface area (Å²) < 4.78 is 11.3. The van der Waals surface area contributed by atoms with Crippen LogP contribution in [0.3, 0.4) is 0 Å². The highest BCUT2D eigenvalue weighted by atomic mass is 79.9. The van der Waals surface area contributed by atoms with Gasteiger partial charge in [-0.1, -0.05) is 0 Å². The Morgan fingerprint density at radius 1 is 1.53 bits per heavy atom. The van der Waals surface area contributed by atoms with Crippen molar-refractivity contribution in [2.24, 2.45) is 0 Å². The Bertz CT molecular complexity index is 522. The fourth-order valence-corrected chi connectivity index (χ4v) is 2.89. The molecule has 90 valence electrons. The number of carbonyl (C=O) groups excluding carboxylic acids is 1. The summed E-state index contributed by atoms with van der Waals surface area (Å²) in [6.45, 7) is 2.33. The zero-order valence-corrected chi connectivity index (χ0v) is 11.9. The standard InChI is InChI=1S/C12H11BrO3S/c1-7-5-10(17-12(7)13)11(14)9-4-3-8(16-9)6-15-2/h3-5H,6H2,1-2H3. The first-order valence-electron chi connectivity index (χ1n) is 5.00. The molecule has 2 aromatic heterocycles. The summed E-state index contributed by atoms with van der Waals surface area (Å²) in [5.41, 5.74) is 1.06. The van der Waals surface area contributed by atoms with Gasteiger partial charge in [0.2, 0.25) is 5.78 Å². The predicted octanol–water partition coefficient (Wildman–Crippen LogP) is 3.79. The van der Waals surface area contributed by atoms with Crippen LogP contribution >= 0.6 is 27.3 Å². The van der Waals surface area contributed by atoms with E-state index in [0.29, 0.717) is 23.0 Å². The Hall–Kier alpha value is -0.910. The molecular formula is C12H11BrO3S. The van der Waals surface area contributed by atoms with E-state index in [1.54, 1.807) is 19.2 Å². The van der Waals surface area contributed by atoms with E-state index < -0.39 is 0 Å². The summed E-state index contributed by atoms with van der Waals surface area (Å²) >= 11 is 4.82.